The monoisotopic (exact) mass is 268 g/mol. The molecule has 3 aliphatic heterocycles. The smallest absolute Gasteiger partial charge is 0.144 e. The number of nitrogens with one attached hydrogen (secondary N) is 1. The van der Waals surface area contributed by atoms with Gasteiger partial charge in [0.25, 0.3) is 0 Å². The summed E-state index contributed by atoms with van der Waals surface area (Å²) < 4.78 is 5.56. The predicted octanol–water partition coefficient (Wildman–Crippen LogP) is -0.00670. The average Bonchev–Trinajstić information content (AvgIpc) is 2.50. The summed E-state index contributed by atoms with van der Waals surface area (Å²) in [5.74, 6) is 0.0858. The molecule has 19 heavy (non-hydrogen) atoms. The number of nitrogens with zero attached hydrogens (tertiary/aromatic N) is 3. The van der Waals surface area contributed by atoms with Gasteiger partial charge in [-0.15, -0.1) is 0 Å². The molecule has 0 aromatic carbocycles. The maximum atomic E-state index is 5.56. The molecule has 0 amide bonds. The van der Waals surface area contributed by atoms with Gasteiger partial charge in [-0.05, 0) is 19.9 Å². The number of likely N-dealkylation sites (tertiary alicyclic amines) is 1. The van der Waals surface area contributed by atoms with Gasteiger partial charge in [0.2, 0.25) is 0 Å². The number of hydrogen-bond acceptors (Lipinski definition) is 5. The maximum absolute atomic E-state index is 5.56. The molecule has 0 bridgehead atoms. The van der Waals surface area contributed by atoms with Crippen LogP contribution in [-0.4, -0.2) is 86.6 Å². The van der Waals surface area contributed by atoms with Crippen LogP contribution in [-0.2, 0) is 4.74 Å². The first-order chi connectivity index (χ1) is 9.34. The maximum Gasteiger partial charge on any atom is 0.144 e. The van der Waals surface area contributed by atoms with Crippen LogP contribution in [0.4, 0.5) is 0 Å². The number of ether oxygens (including phenoxy) is 1. The van der Waals surface area contributed by atoms with Crippen molar-refractivity contribution in [2.24, 2.45) is 0 Å². The second-order valence-electron chi connectivity index (χ2n) is 6.02. The lowest BCUT2D eigenvalue weighted by Gasteiger charge is -2.59. The minimum atomic E-state index is 0.0858. The first-order valence-corrected chi connectivity index (χ1v) is 7.84. The van der Waals surface area contributed by atoms with Gasteiger partial charge < -0.3 is 10.1 Å². The Kier molecular flexibility index (Phi) is 4.39. The van der Waals surface area contributed by atoms with E-state index in [4.69, 9.17) is 4.74 Å². The topological polar surface area (TPSA) is 31.0 Å². The first kappa shape index (κ1) is 13.8. The van der Waals surface area contributed by atoms with E-state index in [1.54, 1.807) is 0 Å². The van der Waals surface area contributed by atoms with Gasteiger partial charge in [0.15, 0.2) is 0 Å². The van der Waals surface area contributed by atoms with Gasteiger partial charge in [0.05, 0.1) is 13.2 Å². The van der Waals surface area contributed by atoms with Gasteiger partial charge in [-0.2, -0.15) is 0 Å². The summed E-state index contributed by atoms with van der Waals surface area (Å²) >= 11 is 0. The van der Waals surface area contributed by atoms with Crippen molar-refractivity contribution in [3.63, 3.8) is 0 Å². The second-order valence-corrected chi connectivity index (χ2v) is 6.02. The van der Waals surface area contributed by atoms with E-state index in [9.17, 15) is 0 Å². The Morgan fingerprint density at radius 3 is 2.26 bits per heavy atom. The molecule has 5 nitrogen and oxygen atoms in total. The van der Waals surface area contributed by atoms with Gasteiger partial charge in [0.1, 0.15) is 5.79 Å². The summed E-state index contributed by atoms with van der Waals surface area (Å²) in [7, 11) is 2.30. The summed E-state index contributed by atoms with van der Waals surface area (Å²) in [6.07, 6.45) is 4.09. The molecule has 3 heterocycles. The number of piperidine rings is 1. The van der Waals surface area contributed by atoms with Crippen molar-refractivity contribution in [2.45, 2.75) is 25.0 Å². The highest BCUT2D eigenvalue weighted by Crippen LogP contribution is 2.29. The van der Waals surface area contributed by atoms with Gasteiger partial charge in [-0.3, -0.25) is 14.7 Å². The Balaban J connectivity index is 1.84. The third-order valence-electron chi connectivity index (χ3n) is 4.98. The molecule has 3 fully saturated rings. The molecule has 0 spiro atoms. The van der Waals surface area contributed by atoms with E-state index in [1.807, 2.05) is 0 Å². The zero-order valence-electron chi connectivity index (χ0n) is 12.2. The quantitative estimate of drug-likeness (QED) is 0.761. The molecule has 1 N–H and O–H groups in total. The van der Waals surface area contributed by atoms with Crippen LogP contribution in [0.15, 0.2) is 0 Å². The second kappa shape index (κ2) is 6.06. The predicted molar refractivity (Wildman–Crippen MR) is 76.0 cm³/mol. The number of piperazine rings is 1. The molecule has 0 aliphatic carbocycles. The zero-order chi connectivity index (χ0) is 13.1. The fourth-order valence-corrected chi connectivity index (χ4v) is 3.90. The van der Waals surface area contributed by atoms with E-state index in [1.165, 1.54) is 32.4 Å². The van der Waals surface area contributed by atoms with Gasteiger partial charge >= 0.3 is 0 Å². The highest BCUT2D eigenvalue weighted by Gasteiger charge is 2.47. The molecule has 3 aliphatic rings. The van der Waals surface area contributed by atoms with E-state index >= 15 is 0 Å². The largest absolute Gasteiger partial charge is 0.379 e. The Morgan fingerprint density at radius 1 is 0.895 bits per heavy atom. The fourth-order valence-electron chi connectivity index (χ4n) is 3.90. The zero-order valence-corrected chi connectivity index (χ0v) is 12.2. The molecular weight excluding hydrogens is 240 g/mol. The number of rotatable bonds is 2. The number of morpholine rings is 1. The van der Waals surface area contributed by atoms with E-state index in [0.29, 0.717) is 0 Å². The van der Waals surface area contributed by atoms with Crippen LogP contribution in [0.25, 0.3) is 0 Å². The molecule has 0 aromatic rings. The average molecular weight is 268 g/mol. The lowest BCUT2D eigenvalue weighted by molar-refractivity contribution is -0.193. The van der Waals surface area contributed by atoms with Crippen molar-refractivity contribution in [3.05, 3.63) is 0 Å². The van der Waals surface area contributed by atoms with E-state index in [0.717, 1.165) is 45.9 Å². The van der Waals surface area contributed by atoms with Crippen molar-refractivity contribution in [1.29, 1.82) is 0 Å². The molecule has 0 saturated carbocycles. The molecule has 3 rings (SSSR count). The third-order valence-corrected chi connectivity index (χ3v) is 4.98. The molecule has 0 aromatic heterocycles. The van der Waals surface area contributed by atoms with Crippen LogP contribution in [0.2, 0.25) is 0 Å². The minimum Gasteiger partial charge on any atom is -0.379 e. The number of likely N-dealkylation sites (N-methyl/N-ethyl adjacent to an activating group) is 1. The van der Waals surface area contributed by atoms with Crippen molar-refractivity contribution >= 4 is 0 Å². The highest BCUT2D eigenvalue weighted by atomic mass is 16.5. The van der Waals surface area contributed by atoms with Crippen molar-refractivity contribution in [3.8, 4) is 0 Å². The summed E-state index contributed by atoms with van der Waals surface area (Å²) in [4.78, 5) is 7.93. The molecular formula is C14H28N4O. The Labute approximate surface area is 116 Å². The van der Waals surface area contributed by atoms with E-state index in [2.05, 4.69) is 27.1 Å². The third kappa shape index (κ3) is 2.54. The van der Waals surface area contributed by atoms with Crippen LogP contribution < -0.4 is 5.32 Å². The summed E-state index contributed by atoms with van der Waals surface area (Å²) in [5.41, 5.74) is 0. The summed E-state index contributed by atoms with van der Waals surface area (Å²) in [6.45, 7) is 9.65. The summed E-state index contributed by atoms with van der Waals surface area (Å²) in [6, 6.07) is 0. The van der Waals surface area contributed by atoms with Crippen LogP contribution in [0.3, 0.4) is 0 Å². The van der Waals surface area contributed by atoms with E-state index < -0.39 is 0 Å². The van der Waals surface area contributed by atoms with Gasteiger partial charge in [0, 0.05) is 45.8 Å². The van der Waals surface area contributed by atoms with Crippen LogP contribution in [0, 0.1) is 0 Å². The summed E-state index contributed by atoms with van der Waals surface area (Å²) in [5, 5.41) is 3.63. The fraction of sp³-hybridized carbons (Fsp3) is 1.00. The van der Waals surface area contributed by atoms with Gasteiger partial charge in [-0.25, -0.2) is 0 Å². The first-order valence-electron chi connectivity index (χ1n) is 7.84. The van der Waals surface area contributed by atoms with E-state index in [-0.39, 0.29) is 5.79 Å². The lowest BCUT2D eigenvalue weighted by atomic mass is 10.0. The Morgan fingerprint density at radius 2 is 1.58 bits per heavy atom. The Bertz CT molecular complexity index is 269. The highest BCUT2D eigenvalue weighted by molar-refractivity contribution is 4.96. The SMILES string of the molecule is CN1CCNCC1(N1CCCCC1)N1CCOCC1. The minimum absolute atomic E-state index is 0.0858. The van der Waals surface area contributed by atoms with Gasteiger partial charge in [-0.1, -0.05) is 6.42 Å². The van der Waals surface area contributed by atoms with Crippen LogP contribution in [0.5, 0.6) is 0 Å². The normalized spacial score (nSPS) is 36.5. The Hall–Kier alpha value is -0.200. The van der Waals surface area contributed by atoms with Crippen LogP contribution in [0.1, 0.15) is 19.3 Å². The van der Waals surface area contributed by atoms with Crippen molar-refractivity contribution < 1.29 is 4.74 Å². The van der Waals surface area contributed by atoms with Crippen molar-refractivity contribution in [1.82, 2.24) is 20.0 Å². The van der Waals surface area contributed by atoms with Crippen molar-refractivity contribution in [2.75, 3.05) is 66.1 Å². The molecule has 1 atom stereocenters. The molecule has 5 heteroatoms. The molecule has 3 saturated heterocycles. The lowest BCUT2D eigenvalue weighted by Crippen LogP contribution is -2.77. The molecule has 0 radical (unpaired) electrons. The standard InChI is InChI=1S/C14H28N4O/c1-16-8-5-15-13-14(16,17-6-3-2-4-7-17)18-9-11-19-12-10-18/h15H,2-13H2,1H3. The molecule has 110 valence electrons. The number of hydrogen-bond donors (Lipinski definition) is 1. The molecule has 1 unspecified atom stereocenters. The van der Waals surface area contributed by atoms with Crippen LogP contribution >= 0.6 is 0 Å².